The first-order chi connectivity index (χ1) is 11.1. The Morgan fingerprint density at radius 2 is 1.62 bits per heavy atom. The molecular weight excluding hydrogens is 369 g/mol. The molecule has 0 aromatic heterocycles. The molecule has 1 saturated heterocycles. The van der Waals surface area contributed by atoms with Gasteiger partial charge in [-0.15, -0.1) is 24.8 Å². The van der Waals surface area contributed by atoms with E-state index >= 15 is 0 Å². The zero-order valence-electron chi connectivity index (χ0n) is 16.6. The number of piperidine rings is 1. The van der Waals surface area contributed by atoms with E-state index in [0.717, 1.165) is 18.7 Å². The van der Waals surface area contributed by atoms with Crippen LogP contribution in [0, 0.1) is 11.8 Å². The summed E-state index contributed by atoms with van der Waals surface area (Å²) in [6.45, 7) is 13.6. The molecule has 3 atom stereocenters. The number of benzene rings is 1. The van der Waals surface area contributed by atoms with Crippen LogP contribution in [0.25, 0.3) is 0 Å². The summed E-state index contributed by atoms with van der Waals surface area (Å²) in [5.41, 5.74) is 6.05. The average molecular weight is 404 g/mol. The molecule has 6 heteroatoms. The molecule has 0 radical (unpaired) electrons. The maximum atomic E-state index is 12.7. The fraction of sp³-hybridized carbons (Fsp3) is 0.650. The summed E-state index contributed by atoms with van der Waals surface area (Å²) in [6, 6.07) is 9.55. The van der Waals surface area contributed by atoms with Crippen molar-refractivity contribution in [3.8, 4) is 0 Å². The number of likely N-dealkylation sites (tertiary alicyclic amines) is 1. The highest BCUT2D eigenvalue weighted by Gasteiger charge is 2.35. The Hall–Kier alpha value is -0.810. The van der Waals surface area contributed by atoms with E-state index in [9.17, 15) is 4.79 Å². The van der Waals surface area contributed by atoms with Crippen LogP contribution in [0.5, 0.6) is 0 Å². The van der Waals surface area contributed by atoms with Crippen LogP contribution in [0.4, 0.5) is 0 Å². The minimum atomic E-state index is -1.01. The molecule has 0 bridgehead atoms. The SMILES string of the molecule is CC1CC(C)CN(C(C)(C)CNC(=O)C(C)(N)c2ccccc2)C1.Cl.Cl. The molecule has 3 unspecified atom stereocenters. The van der Waals surface area contributed by atoms with Crippen molar-refractivity contribution in [1.29, 1.82) is 0 Å². The van der Waals surface area contributed by atoms with Gasteiger partial charge < -0.3 is 11.1 Å². The molecule has 0 aliphatic carbocycles. The topological polar surface area (TPSA) is 58.4 Å². The van der Waals surface area contributed by atoms with Gasteiger partial charge in [0, 0.05) is 25.2 Å². The van der Waals surface area contributed by atoms with Gasteiger partial charge in [0.05, 0.1) is 0 Å². The van der Waals surface area contributed by atoms with Gasteiger partial charge in [-0.05, 0) is 44.6 Å². The van der Waals surface area contributed by atoms with Gasteiger partial charge in [0.2, 0.25) is 5.91 Å². The summed E-state index contributed by atoms with van der Waals surface area (Å²) < 4.78 is 0. The number of amides is 1. The summed E-state index contributed by atoms with van der Waals surface area (Å²) in [5, 5.41) is 3.08. The normalized spacial score (nSPS) is 23.2. The Balaban J connectivity index is 0.00000312. The Bertz CT molecular complexity index is 553. The Morgan fingerprint density at radius 3 is 2.12 bits per heavy atom. The maximum absolute atomic E-state index is 12.7. The first kappa shape index (κ1) is 25.2. The predicted molar refractivity (Wildman–Crippen MR) is 114 cm³/mol. The molecule has 1 aliphatic heterocycles. The van der Waals surface area contributed by atoms with E-state index in [1.165, 1.54) is 6.42 Å². The molecule has 3 N–H and O–H groups in total. The molecule has 0 spiro atoms. The molecule has 1 aromatic rings. The predicted octanol–water partition coefficient (Wildman–Crippen LogP) is 3.58. The van der Waals surface area contributed by atoms with Crippen molar-refractivity contribution < 1.29 is 4.79 Å². The van der Waals surface area contributed by atoms with Crippen molar-refractivity contribution in [2.45, 2.75) is 52.1 Å². The lowest BCUT2D eigenvalue weighted by Crippen LogP contribution is -2.58. The summed E-state index contributed by atoms with van der Waals surface area (Å²) in [5.74, 6) is 1.28. The number of carbonyl (C=O) groups is 1. The van der Waals surface area contributed by atoms with Gasteiger partial charge in [-0.1, -0.05) is 44.2 Å². The highest BCUT2D eigenvalue weighted by molar-refractivity contribution is 5.87. The van der Waals surface area contributed by atoms with Gasteiger partial charge in [0.25, 0.3) is 0 Å². The van der Waals surface area contributed by atoms with E-state index in [1.807, 2.05) is 30.3 Å². The van der Waals surface area contributed by atoms with Gasteiger partial charge in [0.1, 0.15) is 5.54 Å². The number of carbonyl (C=O) groups excluding carboxylic acids is 1. The van der Waals surface area contributed by atoms with Gasteiger partial charge in [-0.25, -0.2) is 0 Å². The molecule has 0 saturated carbocycles. The average Bonchev–Trinajstić information content (AvgIpc) is 2.52. The summed E-state index contributed by atoms with van der Waals surface area (Å²) in [4.78, 5) is 15.2. The van der Waals surface area contributed by atoms with Crippen molar-refractivity contribution in [3.63, 3.8) is 0 Å². The molecule has 1 aromatic carbocycles. The number of hydrogen-bond donors (Lipinski definition) is 2. The van der Waals surface area contributed by atoms with Crippen LogP contribution in [0.3, 0.4) is 0 Å². The fourth-order valence-corrected chi connectivity index (χ4v) is 3.66. The number of nitrogens with zero attached hydrogens (tertiary/aromatic N) is 1. The van der Waals surface area contributed by atoms with Crippen molar-refractivity contribution in [3.05, 3.63) is 35.9 Å². The second kappa shape index (κ2) is 9.93. The van der Waals surface area contributed by atoms with E-state index in [0.29, 0.717) is 18.4 Å². The minimum absolute atomic E-state index is 0. The largest absolute Gasteiger partial charge is 0.352 e. The minimum Gasteiger partial charge on any atom is -0.352 e. The monoisotopic (exact) mass is 403 g/mol. The number of rotatable bonds is 5. The molecule has 1 fully saturated rings. The Morgan fingerprint density at radius 1 is 1.12 bits per heavy atom. The highest BCUT2D eigenvalue weighted by atomic mass is 35.5. The number of halogens is 2. The Labute approximate surface area is 171 Å². The molecule has 1 aliphatic rings. The second-order valence-corrected chi connectivity index (χ2v) is 8.41. The van der Waals surface area contributed by atoms with Gasteiger partial charge in [-0.2, -0.15) is 0 Å². The first-order valence-corrected chi connectivity index (χ1v) is 9.00. The third kappa shape index (κ3) is 6.12. The maximum Gasteiger partial charge on any atom is 0.244 e. The highest BCUT2D eigenvalue weighted by Crippen LogP contribution is 2.27. The standard InChI is InChI=1S/C20H33N3O.2ClH/c1-15-11-16(2)13-23(12-15)19(3,4)14-22-18(24)20(5,21)17-9-7-6-8-10-17;;/h6-10,15-16H,11-14,21H2,1-5H3,(H,22,24);2*1H. The molecule has 26 heavy (non-hydrogen) atoms. The van der Waals surface area contributed by atoms with Crippen LogP contribution < -0.4 is 11.1 Å². The molecule has 4 nitrogen and oxygen atoms in total. The van der Waals surface area contributed by atoms with Crippen LogP contribution in [0.15, 0.2) is 30.3 Å². The van der Waals surface area contributed by atoms with Gasteiger partial charge in [0.15, 0.2) is 0 Å². The van der Waals surface area contributed by atoms with Crippen LogP contribution in [0.2, 0.25) is 0 Å². The van der Waals surface area contributed by atoms with Crippen LogP contribution >= 0.6 is 24.8 Å². The summed E-state index contributed by atoms with van der Waals surface area (Å²) >= 11 is 0. The Kier molecular flexibility index (Phi) is 9.62. The number of hydrogen-bond acceptors (Lipinski definition) is 3. The van der Waals surface area contributed by atoms with E-state index in [-0.39, 0.29) is 36.3 Å². The van der Waals surface area contributed by atoms with Crippen molar-refractivity contribution in [2.75, 3.05) is 19.6 Å². The van der Waals surface area contributed by atoms with E-state index in [4.69, 9.17) is 5.73 Å². The van der Waals surface area contributed by atoms with Crippen molar-refractivity contribution in [2.24, 2.45) is 17.6 Å². The number of nitrogens with one attached hydrogen (secondary N) is 1. The summed E-state index contributed by atoms with van der Waals surface area (Å²) in [6.07, 6.45) is 1.29. The molecular formula is C20H35Cl2N3O. The van der Waals surface area contributed by atoms with E-state index in [2.05, 4.69) is 37.9 Å². The quantitative estimate of drug-likeness (QED) is 0.789. The first-order valence-electron chi connectivity index (χ1n) is 9.00. The third-order valence-corrected chi connectivity index (χ3v) is 5.25. The number of nitrogens with two attached hydrogens (primary N) is 1. The van der Waals surface area contributed by atoms with Crippen molar-refractivity contribution in [1.82, 2.24) is 10.2 Å². The van der Waals surface area contributed by atoms with Gasteiger partial charge in [-0.3, -0.25) is 9.69 Å². The third-order valence-electron chi connectivity index (χ3n) is 5.25. The smallest absolute Gasteiger partial charge is 0.244 e. The van der Waals surface area contributed by atoms with Crippen LogP contribution in [-0.4, -0.2) is 36.0 Å². The van der Waals surface area contributed by atoms with Crippen LogP contribution in [0.1, 0.15) is 46.6 Å². The molecule has 1 amide bonds. The fourth-order valence-electron chi connectivity index (χ4n) is 3.66. The molecule has 2 rings (SSSR count). The molecule has 150 valence electrons. The van der Waals surface area contributed by atoms with E-state index in [1.54, 1.807) is 6.92 Å². The lowest BCUT2D eigenvalue weighted by atomic mass is 9.87. The lowest BCUT2D eigenvalue weighted by molar-refractivity contribution is -0.126. The lowest BCUT2D eigenvalue weighted by Gasteiger charge is -2.45. The zero-order chi connectivity index (χ0) is 18.0. The van der Waals surface area contributed by atoms with Gasteiger partial charge >= 0.3 is 0 Å². The van der Waals surface area contributed by atoms with Crippen molar-refractivity contribution >= 4 is 30.7 Å². The zero-order valence-corrected chi connectivity index (χ0v) is 18.3. The van der Waals surface area contributed by atoms with Crippen LogP contribution in [-0.2, 0) is 10.3 Å². The second-order valence-electron chi connectivity index (χ2n) is 8.41. The summed E-state index contributed by atoms with van der Waals surface area (Å²) in [7, 11) is 0. The molecule has 1 heterocycles. The van der Waals surface area contributed by atoms with E-state index < -0.39 is 5.54 Å².